The largest absolute Gasteiger partial charge is 0.476 e. The van der Waals surface area contributed by atoms with Crippen molar-refractivity contribution in [1.29, 1.82) is 0 Å². The van der Waals surface area contributed by atoms with Crippen LogP contribution in [0.25, 0.3) is 0 Å². The third-order valence-corrected chi connectivity index (χ3v) is 2.77. The Hall–Kier alpha value is 0.310. The Morgan fingerprint density at radius 1 is 1.62 bits per heavy atom. The van der Waals surface area contributed by atoms with Crippen LogP contribution in [-0.2, 0) is 0 Å². The fraction of sp³-hybridized carbons (Fsp3) is 0.833. The second-order valence-corrected chi connectivity index (χ2v) is 3.36. The normalized spacial score (nSPS) is 30.4. The number of hydrogen-bond acceptors (Lipinski definition) is 1. The van der Waals surface area contributed by atoms with E-state index in [0.29, 0.717) is 0 Å². The Bertz CT molecular complexity index is 59.5. The molecule has 0 aliphatic carbocycles. The average Bonchev–Trinajstić information content (AvgIpc) is 1.90. The van der Waals surface area contributed by atoms with Crippen LogP contribution < -0.4 is 5.32 Å². The Morgan fingerprint density at radius 2 is 2.50 bits per heavy atom. The van der Waals surface area contributed by atoms with Crippen LogP contribution in [0.4, 0.5) is 0 Å². The van der Waals surface area contributed by atoms with Crippen molar-refractivity contribution < 1.29 is 5.32 Å². The van der Waals surface area contributed by atoms with E-state index in [9.17, 15) is 0 Å². The van der Waals surface area contributed by atoms with Gasteiger partial charge in [-0.1, -0.05) is 0 Å². The Morgan fingerprint density at radius 3 is 2.88 bits per heavy atom. The average molecular weight is 131 g/mol. The van der Waals surface area contributed by atoms with Crippen LogP contribution in [0.1, 0.15) is 12.8 Å². The van der Waals surface area contributed by atoms with Gasteiger partial charge in [-0.3, -0.25) is 0 Å². The van der Waals surface area contributed by atoms with Gasteiger partial charge in [0.25, 0.3) is 0 Å². The van der Waals surface area contributed by atoms with Gasteiger partial charge in [0.05, 0.1) is 6.04 Å². The highest BCUT2D eigenvalue weighted by molar-refractivity contribution is 7.99. The van der Waals surface area contributed by atoms with Crippen LogP contribution in [-0.4, -0.2) is 17.5 Å². The van der Waals surface area contributed by atoms with Gasteiger partial charge in [0.1, 0.15) is 0 Å². The molecule has 1 aliphatic heterocycles. The van der Waals surface area contributed by atoms with Gasteiger partial charge in [-0.05, 0) is 18.6 Å². The molecule has 1 nitrogen and oxygen atoms in total. The lowest BCUT2D eigenvalue weighted by Gasteiger charge is -2.20. The molecule has 0 aromatic heterocycles. The molecule has 0 aromatic rings. The minimum Gasteiger partial charge on any atom is -0.476 e. The fourth-order valence-electron chi connectivity index (χ4n) is 0.952. The number of quaternary nitrogens is 1. The highest BCUT2D eigenvalue weighted by atomic mass is 32.2. The van der Waals surface area contributed by atoms with Crippen molar-refractivity contribution in [1.82, 2.24) is 0 Å². The highest BCUT2D eigenvalue weighted by Crippen LogP contribution is 2.13. The third kappa shape index (κ3) is 1.67. The molecule has 0 radical (unpaired) electrons. The standard InChI is InChI=1S/C6H13NS/c1-7-6-3-2-4-8-5-6/h6H,1-5,7H2. The summed E-state index contributed by atoms with van der Waals surface area (Å²) in [5.74, 6) is 2.67. The summed E-state index contributed by atoms with van der Waals surface area (Å²) >= 11 is 2.06. The summed E-state index contributed by atoms with van der Waals surface area (Å²) in [5.41, 5.74) is 0. The van der Waals surface area contributed by atoms with Crippen LogP contribution in [0.5, 0.6) is 0 Å². The van der Waals surface area contributed by atoms with E-state index in [2.05, 4.69) is 24.1 Å². The van der Waals surface area contributed by atoms with E-state index in [1.807, 2.05) is 0 Å². The maximum absolute atomic E-state index is 3.77. The zero-order valence-electron chi connectivity index (χ0n) is 5.10. The molecule has 1 saturated heterocycles. The molecular formula is C6H13NS. The summed E-state index contributed by atoms with van der Waals surface area (Å²) in [7, 11) is 3.77. The molecular weight excluding hydrogens is 118 g/mol. The molecule has 1 unspecified atom stereocenters. The molecule has 2 N–H and O–H groups in total. The van der Waals surface area contributed by atoms with Crippen molar-refractivity contribution in [3.05, 3.63) is 7.05 Å². The molecule has 1 rings (SSSR count). The summed E-state index contributed by atoms with van der Waals surface area (Å²) in [5, 5.41) is 2.09. The van der Waals surface area contributed by atoms with Crippen molar-refractivity contribution in [3.8, 4) is 0 Å². The van der Waals surface area contributed by atoms with Crippen LogP contribution in [0.3, 0.4) is 0 Å². The maximum atomic E-state index is 3.77. The topological polar surface area (TPSA) is 16.6 Å². The molecule has 0 saturated carbocycles. The van der Waals surface area contributed by atoms with E-state index < -0.39 is 0 Å². The van der Waals surface area contributed by atoms with Gasteiger partial charge in [-0.15, -0.1) is 0 Å². The SMILES string of the molecule is [CH2-][NH2+]C1CCCSC1. The van der Waals surface area contributed by atoms with Crippen molar-refractivity contribution in [3.63, 3.8) is 0 Å². The predicted molar refractivity (Wildman–Crippen MR) is 37.6 cm³/mol. The smallest absolute Gasteiger partial charge is 0.0712 e. The second-order valence-electron chi connectivity index (χ2n) is 2.21. The van der Waals surface area contributed by atoms with Crippen LogP contribution in [0, 0.1) is 7.05 Å². The maximum Gasteiger partial charge on any atom is 0.0712 e. The van der Waals surface area contributed by atoms with Gasteiger partial charge in [-0.25, -0.2) is 0 Å². The zero-order chi connectivity index (χ0) is 5.82. The molecule has 1 fully saturated rings. The lowest BCUT2D eigenvalue weighted by molar-refractivity contribution is -0.629. The first kappa shape index (κ1) is 6.43. The van der Waals surface area contributed by atoms with Gasteiger partial charge >= 0.3 is 0 Å². The molecule has 1 atom stereocenters. The summed E-state index contributed by atoms with van der Waals surface area (Å²) < 4.78 is 0. The molecule has 1 heterocycles. The van der Waals surface area contributed by atoms with Crippen molar-refractivity contribution in [2.45, 2.75) is 18.9 Å². The van der Waals surface area contributed by atoms with E-state index >= 15 is 0 Å². The minimum atomic E-state index is 0.814. The summed E-state index contributed by atoms with van der Waals surface area (Å²) in [6.45, 7) is 0. The second kappa shape index (κ2) is 3.36. The quantitative estimate of drug-likeness (QED) is 0.504. The molecule has 1 aliphatic rings. The molecule has 0 aromatic carbocycles. The molecule has 0 bridgehead atoms. The fourth-order valence-corrected chi connectivity index (χ4v) is 2.09. The van der Waals surface area contributed by atoms with Gasteiger partial charge in [-0.2, -0.15) is 18.8 Å². The van der Waals surface area contributed by atoms with Crippen molar-refractivity contribution in [2.75, 3.05) is 11.5 Å². The van der Waals surface area contributed by atoms with Crippen molar-refractivity contribution in [2.24, 2.45) is 0 Å². The number of rotatable bonds is 1. The first-order valence-electron chi connectivity index (χ1n) is 3.14. The lowest BCUT2D eigenvalue weighted by atomic mass is 10.2. The van der Waals surface area contributed by atoms with Crippen LogP contribution in [0.2, 0.25) is 0 Å². The Balaban J connectivity index is 2.13. The van der Waals surface area contributed by atoms with Gasteiger partial charge < -0.3 is 5.32 Å². The van der Waals surface area contributed by atoms with E-state index in [-0.39, 0.29) is 0 Å². The Labute approximate surface area is 55.2 Å². The molecule has 2 heteroatoms. The first-order chi connectivity index (χ1) is 3.93. The molecule has 0 amide bonds. The molecule has 8 heavy (non-hydrogen) atoms. The minimum absolute atomic E-state index is 0.814. The van der Waals surface area contributed by atoms with Crippen LogP contribution in [0.15, 0.2) is 0 Å². The van der Waals surface area contributed by atoms with E-state index in [1.165, 1.54) is 24.3 Å². The summed E-state index contributed by atoms with van der Waals surface area (Å²) in [6.07, 6.45) is 2.76. The van der Waals surface area contributed by atoms with Gasteiger partial charge in [0, 0.05) is 5.75 Å². The van der Waals surface area contributed by atoms with E-state index in [4.69, 9.17) is 0 Å². The monoisotopic (exact) mass is 131 g/mol. The van der Waals surface area contributed by atoms with Gasteiger partial charge in [0.15, 0.2) is 0 Å². The lowest BCUT2D eigenvalue weighted by Crippen LogP contribution is -2.84. The Kier molecular flexibility index (Phi) is 2.70. The van der Waals surface area contributed by atoms with E-state index in [0.717, 1.165) is 6.04 Å². The molecule has 0 spiro atoms. The summed E-state index contributed by atoms with van der Waals surface area (Å²) in [4.78, 5) is 0. The van der Waals surface area contributed by atoms with E-state index in [1.54, 1.807) is 0 Å². The van der Waals surface area contributed by atoms with Gasteiger partial charge in [0.2, 0.25) is 0 Å². The van der Waals surface area contributed by atoms with Crippen LogP contribution >= 0.6 is 11.8 Å². The zero-order valence-corrected chi connectivity index (χ0v) is 5.91. The number of thioether (sulfide) groups is 1. The predicted octanol–water partition coefficient (Wildman–Crippen LogP) is 0.237. The number of nitrogens with two attached hydrogens (primary N) is 1. The summed E-state index contributed by atoms with van der Waals surface area (Å²) in [6, 6.07) is 0.814. The first-order valence-corrected chi connectivity index (χ1v) is 4.29. The highest BCUT2D eigenvalue weighted by Gasteiger charge is 2.11. The van der Waals surface area contributed by atoms with Crippen molar-refractivity contribution >= 4 is 11.8 Å². The third-order valence-electron chi connectivity index (χ3n) is 1.53. The molecule has 48 valence electrons. The number of hydrogen-bond donors (Lipinski definition) is 1.